The molecule has 0 bridgehead atoms. The molecule has 122 valence electrons. The molecule has 1 aliphatic rings. The molecule has 2 aromatic carbocycles. The highest BCUT2D eigenvalue weighted by molar-refractivity contribution is 8.27. The second-order valence-corrected chi connectivity index (χ2v) is 7.11. The fraction of sp³-hybridized carbons (Fsp3) is 0.111. The molecule has 1 fully saturated rings. The average molecular weight is 376 g/mol. The number of thiocarbonyl (C=S) groups is 1. The van der Waals surface area contributed by atoms with Gasteiger partial charge in [0.15, 0.2) is 4.32 Å². The van der Waals surface area contributed by atoms with Crippen molar-refractivity contribution in [1.29, 1.82) is 0 Å². The number of amides is 1. The Morgan fingerprint density at radius 1 is 1.17 bits per heavy atom. The van der Waals surface area contributed by atoms with Gasteiger partial charge >= 0.3 is 0 Å². The Balaban J connectivity index is 1.84. The first-order valence-corrected chi connectivity index (χ1v) is 8.95. The third kappa shape index (κ3) is 3.64. The van der Waals surface area contributed by atoms with Crippen LogP contribution in [0.4, 0.5) is 5.69 Å². The zero-order valence-electron chi connectivity index (χ0n) is 12.9. The van der Waals surface area contributed by atoms with E-state index >= 15 is 0 Å². The largest absolute Gasteiger partial charge is 0.494 e. The summed E-state index contributed by atoms with van der Waals surface area (Å²) >= 11 is 12.6. The van der Waals surface area contributed by atoms with Crippen molar-refractivity contribution in [1.82, 2.24) is 0 Å². The molecule has 3 nitrogen and oxygen atoms in total. The molecule has 0 aromatic heterocycles. The maximum Gasteiger partial charge on any atom is 0.270 e. The van der Waals surface area contributed by atoms with Crippen LogP contribution in [-0.4, -0.2) is 16.8 Å². The van der Waals surface area contributed by atoms with Crippen molar-refractivity contribution in [2.75, 3.05) is 11.5 Å². The lowest BCUT2D eigenvalue weighted by atomic mass is 10.2. The van der Waals surface area contributed by atoms with Crippen LogP contribution in [0.25, 0.3) is 6.08 Å². The molecule has 0 aliphatic carbocycles. The summed E-state index contributed by atoms with van der Waals surface area (Å²) < 4.78 is 5.94. The third-order valence-electron chi connectivity index (χ3n) is 3.37. The summed E-state index contributed by atoms with van der Waals surface area (Å²) in [6.07, 6.45) is 1.82. The summed E-state index contributed by atoms with van der Waals surface area (Å²) in [5, 5.41) is 0.661. The van der Waals surface area contributed by atoms with Gasteiger partial charge in [-0.2, -0.15) is 0 Å². The minimum absolute atomic E-state index is 0.121. The SMILES string of the molecule is CCOc1ccc(N2C(=O)C(=Cc3ccc(Cl)cc3)SC2=S)cc1. The van der Waals surface area contributed by atoms with Gasteiger partial charge in [-0.15, -0.1) is 0 Å². The number of nitrogens with zero attached hydrogens (tertiary/aromatic N) is 1. The zero-order valence-corrected chi connectivity index (χ0v) is 15.3. The minimum Gasteiger partial charge on any atom is -0.494 e. The number of carbonyl (C=O) groups excluding carboxylic acids is 1. The van der Waals surface area contributed by atoms with E-state index in [4.69, 9.17) is 28.6 Å². The molecular formula is C18H14ClNO2S2. The van der Waals surface area contributed by atoms with Crippen molar-refractivity contribution in [2.24, 2.45) is 0 Å². The molecule has 1 aliphatic heterocycles. The van der Waals surface area contributed by atoms with Gasteiger partial charge in [0.25, 0.3) is 5.91 Å². The lowest BCUT2D eigenvalue weighted by molar-refractivity contribution is -0.113. The van der Waals surface area contributed by atoms with Crippen LogP contribution < -0.4 is 9.64 Å². The van der Waals surface area contributed by atoms with Gasteiger partial charge in [-0.25, -0.2) is 0 Å². The van der Waals surface area contributed by atoms with Crippen LogP contribution >= 0.6 is 35.6 Å². The fourth-order valence-corrected chi connectivity index (χ4v) is 3.68. The first-order chi connectivity index (χ1) is 11.6. The van der Waals surface area contributed by atoms with E-state index in [1.54, 1.807) is 12.1 Å². The van der Waals surface area contributed by atoms with E-state index in [1.807, 2.05) is 49.4 Å². The van der Waals surface area contributed by atoms with Crippen molar-refractivity contribution in [3.8, 4) is 5.75 Å². The molecule has 24 heavy (non-hydrogen) atoms. The number of halogens is 1. The average Bonchev–Trinajstić information content (AvgIpc) is 2.85. The molecule has 0 saturated carbocycles. The van der Waals surface area contributed by atoms with Gasteiger partial charge in [0.1, 0.15) is 5.75 Å². The predicted octanol–water partition coefficient (Wildman–Crippen LogP) is 5.14. The lowest BCUT2D eigenvalue weighted by Gasteiger charge is -2.15. The number of ether oxygens (including phenoxy) is 1. The Hall–Kier alpha value is -1.82. The second kappa shape index (κ2) is 7.38. The summed E-state index contributed by atoms with van der Waals surface area (Å²) in [7, 11) is 0. The second-order valence-electron chi connectivity index (χ2n) is 5.00. The predicted molar refractivity (Wildman–Crippen MR) is 105 cm³/mol. The number of rotatable bonds is 4. The molecular weight excluding hydrogens is 362 g/mol. The van der Waals surface area contributed by atoms with E-state index in [0.717, 1.165) is 17.0 Å². The number of hydrogen-bond acceptors (Lipinski definition) is 4. The Labute approximate surface area is 155 Å². The quantitative estimate of drug-likeness (QED) is 0.546. The van der Waals surface area contributed by atoms with E-state index < -0.39 is 0 Å². The van der Waals surface area contributed by atoms with Crippen molar-refractivity contribution >= 4 is 57.6 Å². The Kier molecular flexibility index (Phi) is 5.23. The molecule has 0 N–H and O–H groups in total. The van der Waals surface area contributed by atoms with Crippen LogP contribution in [0.15, 0.2) is 53.4 Å². The number of hydrogen-bond donors (Lipinski definition) is 0. The highest BCUT2D eigenvalue weighted by Gasteiger charge is 2.33. The number of carbonyl (C=O) groups is 1. The Bertz CT molecular complexity index is 801. The van der Waals surface area contributed by atoms with Crippen molar-refractivity contribution < 1.29 is 9.53 Å². The molecule has 0 atom stereocenters. The van der Waals surface area contributed by atoms with Gasteiger partial charge in [-0.1, -0.05) is 47.7 Å². The van der Waals surface area contributed by atoms with Gasteiger partial charge in [-0.3, -0.25) is 9.69 Å². The highest BCUT2D eigenvalue weighted by atomic mass is 35.5. The number of anilines is 1. The molecule has 0 unspecified atom stereocenters. The van der Waals surface area contributed by atoms with Crippen LogP contribution in [0, 0.1) is 0 Å². The van der Waals surface area contributed by atoms with E-state index in [-0.39, 0.29) is 5.91 Å². The monoisotopic (exact) mass is 375 g/mol. The van der Waals surface area contributed by atoms with Gasteiger partial charge in [-0.05, 0) is 55.0 Å². The van der Waals surface area contributed by atoms with Gasteiger partial charge in [0.2, 0.25) is 0 Å². The Morgan fingerprint density at radius 3 is 2.46 bits per heavy atom. The molecule has 2 aromatic rings. The van der Waals surface area contributed by atoms with Crippen LogP contribution in [0.5, 0.6) is 5.75 Å². The van der Waals surface area contributed by atoms with E-state index in [2.05, 4.69) is 0 Å². The summed E-state index contributed by atoms with van der Waals surface area (Å²) in [6, 6.07) is 14.7. The zero-order chi connectivity index (χ0) is 17.1. The van der Waals surface area contributed by atoms with E-state index in [1.165, 1.54) is 16.7 Å². The van der Waals surface area contributed by atoms with Crippen LogP contribution in [0.2, 0.25) is 5.02 Å². The van der Waals surface area contributed by atoms with E-state index in [0.29, 0.717) is 20.9 Å². The molecule has 0 spiro atoms. The molecule has 1 saturated heterocycles. The third-order valence-corrected chi connectivity index (χ3v) is 4.92. The minimum atomic E-state index is -0.121. The number of thioether (sulfide) groups is 1. The topological polar surface area (TPSA) is 29.5 Å². The van der Waals surface area contributed by atoms with Crippen molar-refractivity contribution in [3.63, 3.8) is 0 Å². The van der Waals surface area contributed by atoms with Crippen LogP contribution in [-0.2, 0) is 4.79 Å². The molecule has 1 amide bonds. The van der Waals surface area contributed by atoms with Crippen molar-refractivity contribution in [3.05, 3.63) is 64.0 Å². The smallest absolute Gasteiger partial charge is 0.270 e. The molecule has 1 heterocycles. The van der Waals surface area contributed by atoms with Gasteiger partial charge < -0.3 is 4.74 Å². The van der Waals surface area contributed by atoms with E-state index in [9.17, 15) is 4.79 Å². The number of benzene rings is 2. The summed E-state index contributed by atoms with van der Waals surface area (Å²) in [6.45, 7) is 2.53. The highest BCUT2D eigenvalue weighted by Crippen LogP contribution is 2.36. The Morgan fingerprint density at radius 2 is 1.83 bits per heavy atom. The molecule has 3 rings (SSSR count). The first kappa shape index (κ1) is 17.0. The standard InChI is InChI=1S/C18H14ClNO2S2/c1-2-22-15-9-7-14(8-10-15)20-17(21)16(24-18(20)23)11-12-3-5-13(19)6-4-12/h3-11H,2H2,1H3. The summed E-state index contributed by atoms with van der Waals surface area (Å²) in [5.74, 6) is 0.646. The maximum absolute atomic E-state index is 12.7. The lowest BCUT2D eigenvalue weighted by Crippen LogP contribution is -2.27. The van der Waals surface area contributed by atoms with Crippen molar-refractivity contribution in [2.45, 2.75) is 6.92 Å². The fourth-order valence-electron chi connectivity index (χ4n) is 2.26. The molecule has 0 radical (unpaired) electrons. The van der Waals surface area contributed by atoms with Crippen LogP contribution in [0.1, 0.15) is 12.5 Å². The van der Waals surface area contributed by atoms with Gasteiger partial charge in [0.05, 0.1) is 17.2 Å². The van der Waals surface area contributed by atoms with Crippen LogP contribution in [0.3, 0.4) is 0 Å². The molecule has 6 heteroatoms. The first-order valence-electron chi connectivity index (χ1n) is 7.35. The van der Waals surface area contributed by atoms with Gasteiger partial charge in [0, 0.05) is 5.02 Å². The maximum atomic E-state index is 12.7. The normalized spacial score (nSPS) is 16.1. The summed E-state index contributed by atoms with van der Waals surface area (Å²) in [5.41, 5.74) is 1.65. The summed E-state index contributed by atoms with van der Waals surface area (Å²) in [4.78, 5) is 14.8.